The normalized spacial score (nSPS) is 9.47. The molecular formula is C9H9BrN2O3. The molecule has 1 N–H and O–H groups in total. The predicted molar refractivity (Wildman–Crippen MR) is 56.9 cm³/mol. The Bertz CT molecular complexity index is 382. The maximum Gasteiger partial charge on any atom is 0.253 e. The average molecular weight is 273 g/mol. The van der Waals surface area contributed by atoms with Gasteiger partial charge in [-0.25, -0.2) is 4.98 Å². The number of amides is 1. The van der Waals surface area contributed by atoms with Crippen LogP contribution in [0, 0.1) is 0 Å². The quantitative estimate of drug-likeness (QED) is 0.823. The lowest BCUT2D eigenvalue weighted by Gasteiger charge is -2.04. The minimum atomic E-state index is -0.349. The zero-order valence-electron chi connectivity index (χ0n) is 7.99. The van der Waals surface area contributed by atoms with Crippen molar-refractivity contribution in [1.29, 1.82) is 0 Å². The lowest BCUT2D eigenvalue weighted by atomic mass is 10.2. The van der Waals surface area contributed by atoms with Gasteiger partial charge in [-0.15, -0.1) is 0 Å². The maximum atomic E-state index is 11.4. The summed E-state index contributed by atoms with van der Waals surface area (Å²) in [5, 5.41) is 2.40. The number of halogens is 1. The van der Waals surface area contributed by atoms with Crippen LogP contribution in [0.5, 0.6) is 5.88 Å². The molecule has 0 unspecified atom stereocenters. The summed E-state index contributed by atoms with van der Waals surface area (Å²) in [6, 6.07) is 1.58. The number of hydrogen-bond donors (Lipinski definition) is 1. The second kappa shape index (κ2) is 5.45. The molecule has 0 aromatic carbocycles. The Balaban J connectivity index is 2.82. The van der Waals surface area contributed by atoms with Crippen molar-refractivity contribution >= 4 is 28.1 Å². The summed E-state index contributed by atoms with van der Waals surface area (Å²) in [6.07, 6.45) is 1.99. The number of carbonyl (C=O) groups excluding carboxylic acids is 2. The molecule has 1 heterocycles. The Morgan fingerprint density at radius 3 is 3.00 bits per heavy atom. The van der Waals surface area contributed by atoms with Crippen LogP contribution in [-0.2, 0) is 4.79 Å². The lowest BCUT2D eigenvalue weighted by molar-refractivity contribution is -0.107. The molecule has 0 bridgehead atoms. The number of hydrogen-bond acceptors (Lipinski definition) is 4. The standard InChI is InChI=1S/C9H9BrN2O3/c1-15-9-7(10)4-6(5-12-9)8(14)11-2-3-13/h3-5H,2H2,1H3,(H,11,14). The third-order valence-corrected chi connectivity index (χ3v) is 2.18. The first kappa shape index (κ1) is 11.6. The SMILES string of the molecule is COc1ncc(C(=O)NCC=O)cc1Br. The highest BCUT2D eigenvalue weighted by molar-refractivity contribution is 9.10. The van der Waals surface area contributed by atoms with Crippen LogP contribution in [0.1, 0.15) is 10.4 Å². The highest BCUT2D eigenvalue weighted by Gasteiger charge is 2.08. The van der Waals surface area contributed by atoms with E-state index < -0.39 is 0 Å². The Morgan fingerprint density at radius 2 is 2.47 bits per heavy atom. The number of nitrogens with zero attached hydrogens (tertiary/aromatic N) is 1. The molecule has 1 aromatic rings. The number of methoxy groups -OCH3 is 1. The number of carbonyl (C=O) groups is 2. The van der Waals surface area contributed by atoms with Gasteiger partial charge in [0.2, 0.25) is 5.88 Å². The first-order valence-corrected chi connectivity index (χ1v) is 4.89. The smallest absolute Gasteiger partial charge is 0.253 e. The molecule has 0 spiro atoms. The van der Waals surface area contributed by atoms with Gasteiger partial charge in [-0.3, -0.25) is 4.79 Å². The molecule has 80 valence electrons. The summed E-state index contributed by atoms with van der Waals surface area (Å²) in [7, 11) is 1.49. The summed E-state index contributed by atoms with van der Waals surface area (Å²) >= 11 is 3.21. The highest BCUT2D eigenvalue weighted by atomic mass is 79.9. The molecule has 15 heavy (non-hydrogen) atoms. The molecule has 6 heteroatoms. The van der Waals surface area contributed by atoms with E-state index in [1.54, 1.807) is 6.07 Å². The van der Waals surface area contributed by atoms with E-state index in [-0.39, 0.29) is 12.5 Å². The fourth-order valence-corrected chi connectivity index (χ4v) is 1.45. The molecule has 0 aliphatic rings. The van der Waals surface area contributed by atoms with Crippen molar-refractivity contribution in [3.05, 3.63) is 22.3 Å². The fraction of sp³-hybridized carbons (Fsp3) is 0.222. The second-order valence-electron chi connectivity index (χ2n) is 2.59. The van der Waals surface area contributed by atoms with Crippen molar-refractivity contribution in [2.24, 2.45) is 0 Å². The molecule has 0 saturated carbocycles. The summed E-state index contributed by atoms with van der Waals surface area (Å²) in [6.45, 7) is -0.0114. The average Bonchev–Trinajstić information content (AvgIpc) is 2.25. The van der Waals surface area contributed by atoms with Gasteiger partial charge in [0.15, 0.2) is 0 Å². The summed E-state index contributed by atoms with van der Waals surface area (Å²) in [4.78, 5) is 25.3. The van der Waals surface area contributed by atoms with Crippen LogP contribution in [0.25, 0.3) is 0 Å². The van der Waals surface area contributed by atoms with Crippen LogP contribution < -0.4 is 10.1 Å². The van der Waals surface area contributed by atoms with E-state index >= 15 is 0 Å². The third kappa shape index (κ3) is 3.02. The van der Waals surface area contributed by atoms with E-state index in [9.17, 15) is 9.59 Å². The van der Waals surface area contributed by atoms with Crippen molar-refractivity contribution in [1.82, 2.24) is 10.3 Å². The van der Waals surface area contributed by atoms with E-state index in [2.05, 4.69) is 26.2 Å². The predicted octanol–water partition coefficient (Wildman–Crippen LogP) is 0.781. The van der Waals surface area contributed by atoms with E-state index in [0.717, 1.165) is 0 Å². The molecular weight excluding hydrogens is 264 g/mol. The molecule has 0 aliphatic carbocycles. The number of pyridine rings is 1. The van der Waals surface area contributed by atoms with Crippen molar-refractivity contribution in [2.45, 2.75) is 0 Å². The first-order valence-electron chi connectivity index (χ1n) is 4.10. The molecule has 1 amide bonds. The Labute approximate surface area is 95.0 Å². The molecule has 0 fully saturated rings. The van der Waals surface area contributed by atoms with Crippen LogP contribution >= 0.6 is 15.9 Å². The zero-order chi connectivity index (χ0) is 11.3. The van der Waals surface area contributed by atoms with Crippen molar-refractivity contribution in [3.63, 3.8) is 0 Å². The van der Waals surface area contributed by atoms with Gasteiger partial charge in [0.25, 0.3) is 5.91 Å². The maximum absolute atomic E-state index is 11.4. The Morgan fingerprint density at radius 1 is 1.73 bits per heavy atom. The van der Waals surface area contributed by atoms with Gasteiger partial charge >= 0.3 is 0 Å². The number of rotatable bonds is 4. The van der Waals surface area contributed by atoms with Gasteiger partial charge in [-0.2, -0.15) is 0 Å². The van der Waals surface area contributed by atoms with E-state index in [0.29, 0.717) is 22.2 Å². The van der Waals surface area contributed by atoms with Crippen molar-refractivity contribution in [2.75, 3.05) is 13.7 Å². The van der Waals surface area contributed by atoms with Crippen molar-refractivity contribution in [3.8, 4) is 5.88 Å². The second-order valence-corrected chi connectivity index (χ2v) is 3.45. The number of nitrogens with one attached hydrogen (secondary N) is 1. The van der Waals surface area contributed by atoms with Gasteiger partial charge in [0.05, 0.1) is 23.7 Å². The number of ether oxygens (including phenoxy) is 1. The Kier molecular flexibility index (Phi) is 4.23. The zero-order valence-corrected chi connectivity index (χ0v) is 9.58. The molecule has 1 rings (SSSR count). The topological polar surface area (TPSA) is 68.3 Å². The van der Waals surface area contributed by atoms with Crippen molar-refractivity contribution < 1.29 is 14.3 Å². The summed E-state index contributed by atoms with van der Waals surface area (Å²) in [5.41, 5.74) is 0.365. The van der Waals surface area contributed by atoms with Gasteiger partial charge in [0, 0.05) is 6.20 Å². The molecule has 1 aromatic heterocycles. The van der Waals surface area contributed by atoms with Gasteiger partial charge < -0.3 is 14.8 Å². The van der Waals surface area contributed by atoms with Gasteiger partial charge in [-0.05, 0) is 22.0 Å². The lowest BCUT2D eigenvalue weighted by Crippen LogP contribution is -2.25. The minimum Gasteiger partial charge on any atom is -0.480 e. The van der Waals surface area contributed by atoms with Crippen LogP contribution in [0.2, 0.25) is 0 Å². The van der Waals surface area contributed by atoms with Crippen LogP contribution in [0.15, 0.2) is 16.7 Å². The summed E-state index contributed by atoms with van der Waals surface area (Å²) in [5.74, 6) is 0.0555. The summed E-state index contributed by atoms with van der Waals surface area (Å²) < 4.78 is 5.50. The first-order chi connectivity index (χ1) is 7.19. The highest BCUT2D eigenvalue weighted by Crippen LogP contribution is 2.22. The molecule has 0 saturated heterocycles. The molecule has 0 atom stereocenters. The minimum absolute atomic E-state index is 0.0114. The van der Waals surface area contributed by atoms with Gasteiger partial charge in [-0.1, -0.05) is 0 Å². The fourth-order valence-electron chi connectivity index (χ4n) is 0.936. The molecule has 5 nitrogen and oxygen atoms in total. The Hall–Kier alpha value is -1.43. The molecule has 0 aliphatic heterocycles. The van der Waals surface area contributed by atoms with E-state index in [1.807, 2.05) is 0 Å². The molecule has 0 radical (unpaired) electrons. The third-order valence-electron chi connectivity index (χ3n) is 1.61. The largest absolute Gasteiger partial charge is 0.480 e. The van der Waals surface area contributed by atoms with E-state index in [4.69, 9.17) is 4.74 Å². The van der Waals surface area contributed by atoms with Crippen LogP contribution in [0.3, 0.4) is 0 Å². The number of aldehydes is 1. The monoisotopic (exact) mass is 272 g/mol. The van der Waals surface area contributed by atoms with E-state index in [1.165, 1.54) is 13.3 Å². The number of aromatic nitrogens is 1. The van der Waals surface area contributed by atoms with Crippen LogP contribution in [0.4, 0.5) is 0 Å². The van der Waals surface area contributed by atoms with Crippen LogP contribution in [-0.4, -0.2) is 30.8 Å². The van der Waals surface area contributed by atoms with Gasteiger partial charge in [0.1, 0.15) is 6.29 Å².